The van der Waals surface area contributed by atoms with E-state index >= 15 is 0 Å². The van der Waals surface area contributed by atoms with E-state index in [0.717, 1.165) is 28.2 Å². The molecule has 0 saturated carbocycles. The minimum Gasteiger partial charge on any atom is -0.497 e. The molecule has 1 aromatic heterocycles. The topological polar surface area (TPSA) is 55.0 Å². The largest absolute Gasteiger partial charge is 0.497 e. The Morgan fingerprint density at radius 3 is 3.20 bits per heavy atom. The van der Waals surface area contributed by atoms with Crippen LogP contribution in [0, 0.1) is 0 Å². The molecule has 0 aliphatic rings. The fourth-order valence-electron chi connectivity index (χ4n) is 1.27. The van der Waals surface area contributed by atoms with Crippen LogP contribution in [0.1, 0.15) is 0 Å². The third-order valence-corrected chi connectivity index (χ3v) is 2.72. The SMILES string of the molecule is COc1ccc2nc(SCC=O)[nH]c2c1. The van der Waals surface area contributed by atoms with Crippen molar-refractivity contribution in [3.05, 3.63) is 18.2 Å². The van der Waals surface area contributed by atoms with Gasteiger partial charge in [-0.25, -0.2) is 4.98 Å². The molecule has 2 rings (SSSR count). The van der Waals surface area contributed by atoms with Crippen LogP contribution >= 0.6 is 11.8 Å². The number of methoxy groups -OCH3 is 1. The van der Waals surface area contributed by atoms with E-state index in [0.29, 0.717) is 5.75 Å². The number of hydrogen-bond acceptors (Lipinski definition) is 4. The predicted octanol–water partition coefficient (Wildman–Crippen LogP) is 1.86. The number of hydrogen-bond donors (Lipinski definition) is 1. The first-order valence-electron chi connectivity index (χ1n) is 4.43. The van der Waals surface area contributed by atoms with E-state index in [9.17, 15) is 4.79 Å². The molecule has 0 unspecified atom stereocenters. The number of H-pyrrole nitrogens is 1. The number of nitrogens with zero attached hydrogens (tertiary/aromatic N) is 1. The number of fused-ring (bicyclic) bond motifs is 1. The third kappa shape index (κ3) is 2.12. The van der Waals surface area contributed by atoms with Gasteiger partial charge in [-0.15, -0.1) is 0 Å². The zero-order chi connectivity index (χ0) is 10.7. The lowest BCUT2D eigenvalue weighted by Gasteiger charge is -1.96. The summed E-state index contributed by atoms with van der Waals surface area (Å²) in [5.74, 6) is 1.20. The monoisotopic (exact) mass is 222 g/mol. The van der Waals surface area contributed by atoms with Gasteiger partial charge in [-0.3, -0.25) is 0 Å². The van der Waals surface area contributed by atoms with Gasteiger partial charge in [0.15, 0.2) is 5.16 Å². The molecule has 78 valence electrons. The molecule has 0 fully saturated rings. The van der Waals surface area contributed by atoms with Gasteiger partial charge in [-0.05, 0) is 12.1 Å². The van der Waals surface area contributed by atoms with Crippen LogP contribution in [0.3, 0.4) is 0 Å². The van der Waals surface area contributed by atoms with Crippen LogP contribution in [0.5, 0.6) is 5.75 Å². The summed E-state index contributed by atoms with van der Waals surface area (Å²) >= 11 is 1.38. The summed E-state index contributed by atoms with van der Waals surface area (Å²) in [5.41, 5.74) is 1.80. The first-order chi connectivity index (χ1) is 7.33. The molecule has 0 radical (unpaired) electrons. The van der Waals surface area contributed by atoms with Gasteiger partial charge in [0.05, 0.1) is 23.9 Å². The van der Waals surface area contributed by atoms with E-state index in [4.69, 9.17) is 4.74 Å². The summed E-state index contributed by atoms with van der Waals surface area (Å²) in [6, 6.07) is 5.63. The maximum Gasteiger partial charge on any atom is 0.166 e. The second-order valence-corrected chi connectivity index (χ2v) is 3.91. The molecule has 1 aromatic carbocycles. The van der Waals surface area contributed by atoms with Crippen LogP contribution in [0.2, 0.25) is 0 Å². The highest BCUT2D eigenvalue weighted by Gasteiger charge is 2.03. The third-order valence-electron chi connectivity index (χ3n) is 1.96. The highest BCUT2D eigenvalue weighted by atomic mass is 32.2. The molecule has 2 aromatic rings. The Hall–Kier alpha value is -1.49. The molecule has 0 aliphatic heterocycles. The van der Waals surface area contributed by atoms with Crippen LogP contribution in [0.25, 0.3) is 11.0 Å². The summed E-state index contributed by atoms with van der Waals surface area (Å²) < 4.78 is 5.10. The number of ether oxygens (including phenoxy) is 1. The van der Waals surface area contributed by atoms with Crippen molar-refractivity contribution in [3.8, 4) is 5.75 Å². The van der Waals surface area contributed by atoms with E-state index in [2.05, 4.69) is 9.97 Å². The van der Waals surface area contributed by atoms with Crippen LogP contribution in [-0.4, -0.2) is 29.1 Å². The first kappa shape index (κ1) is 10.0. The molecular weight excluding hydrogens is 212 g/mol. The van der Waals surface area contributed by atoms with E-state index in [1.165, 1.54) is 11.8 Å². The van der Waals surface area contributed by atoms with Crippen LogP contribution in [0.4, 0.5) is 0 Å². The van der Waals surface area contributed by atoms with Crippen molar-refractivity contribution in [2.75, 3.05) is 12.9 Å². The predicted molar refractivity (Wildman–Crippen MR) is 59.4 cm³/mol. The van der Waals surface area contributed by atoms with E-state index in [-0.39, 0.29) is 0 Å². The number of imidazole rings is 1. The highest BCUT2D eigenvalue weighted by Crippen LogP contribution is 2.22. The van der Waals surface area contributed by atoms with E-state index in [1.54, 1.807) is 7.11 Å². The minimum atomic E-state index is 0.414. The molecule has 1 N–H and O–H groups in total. The molecule has 0 amide bonds. The Bertz CT molecular complexity index is 481. The Morgan fingerprint density at radius 2 is 2.47 bits per heavy atom. The number of rotatable bonds is 4. The molecule has 0 aliphatic carbocycles. The molecule has 0 saturated heterocycles. The Morgan fingerprint density at radius 1 is 1.60 bits per heavy atom. The molecule has 1 heterocycles. The lowest BCUT2D eigenvalue weighted by atomic mass is 10.3. The van der Waals surface area contributed by atoms with Gasteiger partial charge in [0, 0.05) is 6.07 Å². The van der Waals surface area contributed by atoms with Gasteiger partial charge in [0.2, 0.25) is 0 Å². The van der Waals surface area contributed by atoms with Crippen molar-refractivity contribution < 1.29 is 9.53 Å². The number of benzene rings is 1. The summed E-state index contributed by atoms with van der Waals surface area (Å²) in [7, 11) is 1.62. The van der Waals surface area contributed by atoms with Gasteiger partial charge in [-0.1, -0.05) is 11.8 Å². The van der Waals surface area contributed by atoms with Gasteiger partial charge in [0.1, 0.15) is 12.0 Å². The number of carbonyl (C=O) groups excluding carboxylic acids is 1. The quantitative estimate of drug-likeness (QED) is 0.633. The van der Waals surface area contributed by atoms with Crippen molar-refractivity contribution in [2.45, 2.75) is 5.16 Å². The van der Waals surface area contributed by atoms with Crippen molar-refractivity contribution in [2.24, 2.45) is 0 Å². The minimum absolute atomic E-state index is 0.414. The number of nitrogens with one attached hydrogen (secondary N) is 1. The van der Waals surface area contributed by atoms with Crippen molar-refractivity contribution in [3.63, 3.8) is 0 Å². The van der Waals surface area contributed by atoms with Gasteiger partial charge in [-0.2, -0.15) is 0 Å². The zero-order valence-corrected chi connectivity index (χ0v) is 9.00. The van der Waals surface area contributed by atoms with Crippen molar-refractivity contribution in [1.29, 1.82) is 0 Å². The second kappa shape index (κ2) is 4.35. The second-order valence-electron chi connectivity index (χ2n) is 2.90. The number of thioether (sulfide) groups is 1. The Labute approximate surface area is 91.0 Å². The van der Waals surface area contributed by atoms with Crippen LogP contribution in [-0.2, 0) is 4.79 Å². The number of aromatic amines is 1. The average molecular weight is 222 g/mol. The first-order valence-corrected chi connectivity index (χ1v) is 5.42. The van der Waals surface area contributed by atoms with Gasteiger partial charge >= 0.3 is 0 Å². The Kier molecular flexibility index (Phi) is 2.91. The zero-order valence-electron chi connectivity index (χ0n) is 8.19. The van der Waals surface area contributed by atoms with Gasteiger partial charge < -0.3 is 14.5 Å². The molecule has 5 heteroatoms. The summed E-state index contributed by atoms with van der Waals surface area (Å²) in [5, 5.41) is 0.755. The molecule has 0 atom stereocenters. The van der Waals surface area contributed by atoms with Crippen molar-refractivity contribution >= 4 is 29.1 Å². The number of carbonyl (C=O) groups is 1. The molecule has 0 spiro atoms. The Balaban J connectivity index is 2.33. The van der Waals surface area contributed by atoms with Crippen molar-refractivity contribution in [1.82, 2.24) is 9.97 Å². The molecule has 4 nitrogen and oxygen atoms in total. The summed E-state index contributed by atoms with van der Waals surface area (Å²) in [4.78, 5) is 17.6. The molecule has 0 bridgehead atoms. The maximum absolute atomic E-state index is 10.2. The summed E-state index contributed by atoms with van der Waals surface area (Å²) in [6.45, 7) is 0. The number of aldehydes is 1. The number of aromatic nitrogens is 2. The lowest BCUT2D eigenvalue weighted by Crippen LogP contribution is -1.81. The lowest BCUT2D eigenvalue weighted by molar-refractivity contribution is -0.105. The van der Waals surface area contributed by atoms with Gasteiger partial charge in [0.25, 0.3) is 0 Å². The molecular formula is C10H10N2O2S. The average Bonchev–Trinajstić information content (AvgIpc) is 2.67. The smallest absolute Gasteiger partial charge is 0.166 e. The maximum atomic E-state index is 10.2. The van der Waals surface area contributed by atoms with E-state index < -0.39 is 0 Å². The fraction of sp³-hybridized carbons (Fsp3) is 0.200. The summed E-state index contributed by atoms with van der Waals surface area (Å²) in [6.07, 6.45) is 0.860. The normalized spacial score (nSPS) is 10.5. The van der Waals surface area contributed by atoms with Crippen LogP contribution in [0.15, 0.2) is 23.4 Å². The van der Waals surface area contributed by atoms with Crippen LogP contribution < -0.4 is 4.74 Å². The fourth-order valence-corrected chi connectivity index (χ4v) is 1.84. The molecule has 15 heavy (non-hydrogen) atoms. The highest BCUT2D eigenvalue weighted by molar-refractivity contribution is 7.99. The van der Waals surface area contributed by atoms with E-state index in [1.807, 2.05) is 18.2 Å². The standard InChI is InChI=1S/C10H10N2O2S/c1-14-7-2-3-8-9(6-7)12-10(11-8)15-5-4-13/h2-4,6H,5H2,1H3,(H,11,12).